The van der Waals surface area contributed by atoms with Crippen LogP contribution in [0.1, 0.15) is 36.6 Å². The quantitative estimate of drug-likeness (QED) is 0.704. The second kappa shape index (κ2) is 7.19. The maximum absolute atomic E-state index is 13.4. The maximum Gasteiger partial charge on any atom is 0.325 e. The van der Waals surface area contributed by atoms with E-state index in [9.17, 15) is 19.2 Å². The fourth-order valence-corrected chi connectivity index (χ4v) is 5.86. The topological polar surface area (TPSA) is 98.8 Å². The number of carbonyl (C=O) groups excluding carboxylic acids is 4. The monoisotopic (exact) mass is 438 g/mol. The zero-order valence-electron chi connectivity index (χ0n) is 17.0. The molecule has 1 spiro atoms. The molecule has 5 rings (SSSR count). The van der Waals surface area contributed by atoms with Crippen LogP contribution in [0.15, 0.2) is 35.7 Å². The van der Waals surface area contributed by atoms with Gasteiger partial charge in [0.15, 0.2) is 0 Å². The van der Waals surface area contributed by atoms with Crippen molar-refractivity contribution in [3.05, 3.63) is 46.2 Å². The SMILES string of the molecule is C[C@@H]1CC(=O)Nc2ccccc2N1C(=O)CN1C(=O)N[C@]2(CCCc3sccc32)C1=O. The van der Waals surface area contributed by atoms with Crippen molar-refractivity contribution >= 4 is 46.5 Å². The summed E-state index contributed by atoms with van der Waals surface area (Å²) in [7, 11) is 0. The molecule has 2 aliphatic heterocycles. The Morgan fingerprint density at radius 2 is 2.03 bits per heavy atom. The van der Waals surface area contributed by atoms with Gasteiger partial charge in [-0.05, 0) is 49.8 Å². The van der Waals surface area contributed by atoms with Crippen LogP contribution >= 0.6 is 11.3 Å². The van der Waals surface area contributed by atoms with Gasteiger partial charge < -0.3 is 15.5 Å². The Kier molecular flexibility index (Phi) is 4.58. The van der Waals surface area contributed by atoms with Gasteiger partial charge in [0, 0.05) is 22.9 Å². The number of aryl methyl sites for hydroxylation is 1. The number of amides is 5. The fraction of sp³-hybridized carbons (Fsp3) is 0.364. The van der Waals surface area contributed by atoms with E-state index >= 15 is 0 Å². The summed E-state index contributed by atoms with van der Waals surface area (Å²) in [6, 6.07) is 7.97. The highest BCUT2D eigenvalue weighted by molar-refractivity contribution is 7.10. The third-order valence-electron chi connectivity index (χ3n) is 6.26. The van der Waals surface area contributed by atoms with Crippen molar-refractivity contribution in [1.82, 2.24) is 10.2 Å². The molecule has 2 atom stereocenters. The van der Waals surface area contributed by atoms with E-state index in [0.717, 1.165) is 28.2 Å². The van der Waals surface area contributed by atoms with Gasteiger partial charge in [-0.3, -0.25) is 19.3 Å². The number of nitrogens with zero attached hydrogens (tertiary/aromatic N) is 2. The number of anilines is 2. The van der Waals surface area contributed by atoms with Crippen molar-refractivity contribution in [2.24, 2.45) is 0 Å². The molecule has 3 heterocycles. The van der Waals surface area contributed by atoms with Crippen LogP contribution in [0.2, 0.25) is 0 Å². The van der Waals surface area contributed by atoms with Crippen LogP contribution in [-0.2, 0) is 26.3 Å². The normalized spacial score (nSPS) is 25.1. The van der Waals surface area contributed by atoms with Crippen LogP contribution in [0, 0.1) is 0 Å². The molecule has 1 fully saturated rings. The second-order valence-corrected chi connectivity index (χ2v) is 9.22. The molecule has 0 saturated carbocycles. The van der Waals surface area contributed by atoms with Gasteiger partial charge in [0.25, 0.3) is 5.91 Å². The number of imide groups is 1. The Morgan fingerprint density at radius 3 is 2.87 bits per heavy atom. The highest BCUT2D eigenvalue weighted by Gasteiger charge is 2.55. The average Bonchev–Trinajstić information content (AvgIpc) is 3.26. The standard InChI is InChI=1S/C22H22N4O4S/c1-13-11-18(27)23-15-5-2-3-6-16(15)26(13)19(28)12-25-20(29)22(24-21(25)30)9-4-7-17-14(22)8-10-31-17/h2-3,5-6,8,10,13H,4,7,9,11-12H2,1H3,(H,23,27)(H,24,30)/t13-,22+/m1/s1. The summed E-state index contributed by atoms with van der Waals surface area (Å²) >= 11 is 1.59. The lowest BCUT2D eigenvalue weighted by atomic mass is 9.80. The highest BCUT2D eigenvalue weighted by Crippen LogP contribution is 2.42. The number of hydrogen-bond acceptors (Lipinski definition) is 5. The third kappa shape index (κ3) is 3.03. The van der Waals surface area contributed by atoms with Crippen LogP contribution in [0.3, 0.4) is 0 Å². The smallest absolute Gasteiger partial charge is 0.324 e. The first-order valence-corrected chi connectivity index (χ1v) is 11.2. The molecule has 5 amide bonds. The number of urea groups is 1. The lowest BCUT2D eigenvalue weighted by Gasteiger charge is -2.32. The Bertz CT molecular complexity index is 1110. The molecule has 160 valence electrons. The van der Waals surface area contributed by atoms with E-state index in [-0.39, 0.29) is 24.8 Å². The lowest BCUT2D eigenvalue weighted by molar-refractivity contribution is -0.135. The van der Waals surface area contributed by atoms with Gasteiger partial charge in [-0.2, -0.15) is 0 Å². The highest BCUT2D eigenvalue weighted by atomic mass is 32.1. The zero-order chi connectivity index (χ0) is 21.8. The Hall–Kier alpha value is -3.20. The minimum Gasteiger partial charge on any atom is -0.324 e. The molecule has 1 aromatic carbocycles. The number of fused-ring (bicyclic) bond motifs is 3. The number of para-hydroxylation sites is 2. The molecule has 8 nitrogen and oxygen atoms in total. The van der Waals surface area contributed by atoms with Crippen LogP contribution in [0.25, 0.3) is 0 Å². The number of thiophene rings is 1. The third-order valence-corrected chi connectivity index (χ3v) is 7.24. The minimum atomic E-state index is -1.08. The van der Waals surface area contributed by atoms with E-state index in [0.29, 0.717) is 17.8 Å². The Labute approximate surface area is 183 Å². The van der Waals surface area contributed by atoms with E-state index in [4.69, 9.17) is 0 Å². The zero-order valence-corrected chi connectivity index (χ0v) is 17.8. The number of rotatable bonds is 2. The molecule has 0 unspecified atom stereocenters. The van der Waals surface area contributed by atoms with Crippen molar-refractivity contribution in [2.75, 3.05) is 16.8 Å². The predicted molar refractivity (Wildman–Crippen MR) is 116 cm³/mol. The van der Waals surface area contributed by atoms with E-state index in [1.165, 1.54) is 4.90 Å². The van der Waals surface area contributed by atoms with E-state index in [2.05, 4.69) is 10.6 Å². The van der Waals surface area contributed by atoms with Gasteiger partial charge in [0.1, 0.15) is 12.1 Å². The van der Waals surface area contributed by atoms with Gasteiger partial charge in [-0.1, -0.05) is 12.1 Å². The van der Waals surface area contributed by atoms with Crippen LogP contribution < -0.4 is 15.5 Å². The van der Waals surface area contributed by atoms with Crippen molar-refractivity contribution in [2.45, 2.75) is 44.2 Å². The van der Waals surface area contributed by atoms with E-state index in [1.807, 2.05) is 11.4 Å². The first-order valence-electron chi connectivity index (χ1n) is 10.3. The van der Waals surface area contributed by atoms with Crippen molar-refractivity contribution < 1.29 is 19.2 Å². The summed E-state index contributed by atoms with van der Waals surface area (Å²) in [5.41, 5.74) is 0.866. The van der Waals surface area contributed by atoms with Gasteiger partial charge in [-0.25, -0.2) is 4.79 Å². The molecule has 9 heteroatoms. The minimum absolute atomic E-state index is 0.128. The molecule has 1 saturated heterocycles. The number of nitrogens with one attached hydrogen (secondary N) is 2. The molecular weight excluding hydrogens is 416 g/mol. The van der Waals surface area contributed by atoms with Crippen molar-refractivity contribution in [3.8, 4) is 0 Å². The molecule has 2 N–H and O–H groups in total. The van der Waals surface area contributed by atoms with Crippen LogP contribution in [0.5, 0.6) is 0 Å². The summed E-state index contributed by atoms with van der Waals surface area (Å²) in [6.45, 7) is 1.41. The van der Waals surface area contributed by atoms with Gasteiger partial charge >= 0.3 is 6.03 Å². The molecule has 0 bridgehead atoms. The van der Waals surface area contributed by atoms with Gasteiger partial charge in [-0.15, -0.1) is 11.3 Å². The number of carbonyl (C=O) groups is 4. The molecule has 1 aromatic heterocycles. The summed E-state index contributed by atoms with van der Waals surface area (Å²) in [5, 5.41) is 7.62. The van der Waals surface area contributed by atoms with Gasteiger partial charge in [0.05, 0.1) is 11.4 Å². The van der Waals surface area contributed by atoms with Crippen LogP contribution in [-0.4, -0.2) is 41.2 Å². The predicted octanol–water partition coefficient (Wildman–Crippen LogP) is 2.60. The fourth-order valence-electron chi connectivity index (χ4n) is 4.86. The summed E-state index contributed by atoms with van der Waals surface area (Å²) in [4.78, 5) is 55.4. The molecule has 2 aromatic rings. The van der Waals surface area contributed by atoms with E-state index < -0.39 is 23.5 Å². The Morgan fingerprint density at radius 1 is 1.23 bits per heavy atom. The number of benzene rings is 1. The Balaban J connectivity index is 1.44. The molecule has 1 aliphatic carbocycles. The van der Waals surface area contributed by atoms with Crippen LogP contribution in [0.4, 0.5) is 16.2 Å². The average molecular weight is 439 g/mol. The van der Waals surface area contributed by atoms with E-state index in [1.54, 1.807) is 42.5 Å². The molecule has 31 heavy (non-hydrogen) atoms. The van der Waals surface area contributed by atoms with Crippen molar-refractivity contribution in [1.29, 1.82) is 0 Å². The summed E-state index contributed by atoms with van der Waals surface area (Å²) in [5.74, 6) is -0.968. The van der Waals surface area contributed by atoms with Crippen molar-refractivity contribution in [3.63, 3.8) is 0 Å². The molecular formula is C22H22N4O4S. The molecule has 0 radical (unpaired) electrons. The first-order chi connectivity index (χ1) is 14.9. The largest absolute Gasteiger partial charge is 0.325 e. The van der Waals surface area contributed by atoms with Gasteiger partial charge in [0.2, 0.25) is 11.8 Å². The lowest BCUT2D eigenvalue weighted by Crippen LogP contribution is -2.48. The molecule has 3 aliphatic rings. The maximum atomic E-state index is 13.4. The number of hydrogen-bond donors (Lipinski definition) is 2. The first kappa shape index (κ1) is 19.7. The summed E-state index contributed by atoms with van der Waals surface area (Å²) in [6.07, 6.45) is 2.34. The summed E-state index contributed by atoms with van der Waals surface area (Å²) < 4.78 is 0. The second-order valence-electron chi connectivity index (χ2n) is 8.22.